The first-order valence-electron chi connectivity index (χ1n) is 5.03. The second kappa shape index (κ2) is 5.26. The van der Waals surface area contributed by atoms with Gasteiger partial charge in [-0.3, -0.25) is 0 Å². The summed E-state index contributed by atoms with van der Waals surface area (Å²) in [7, 11) is 0. The van der Waals surface area contributed by atoms with Gasteiger partial charge in [-0.2, -0.15) is 0 Å². The van der Waals surface area contributed by atoms with Crippen LogP contribution in [0.3, 0.4) is 0 Å². The zero-order valence-electron chi connectivity index (χ0n) is 8.67. The Hall–Kier alpha value is -0.520. The van der Waals surface area contributed by atoms with Gasteiger partial charge in [0.05, 0.1) is 12.2 Å². The maximum Gasteiger partial charge on any atom is 0.223 e. The molecule has 0 radical (unpaired) electrons. The van der Waals surface area contributed by atoms with Crippen LogP contribution in [0.25, 0.3) is 0 Å². The van der Waals surface area contributed by atoms with Crippen molar-refractivity contribution in [1.29, 1.82) is 0 Å². The van der Waals surface area contributed by atoms with Gasteiger partial charge in [-0.25, -0.2) is 0 Å². The van der Waals surface area contributed by atoms with Crippen molar-refractivity contribution in [2.24, 2.45) is 0 Å². The molecule has 0 unspecified atom stereocenters. The maximum absolute atomic E-state index is 5.46. The molecule has 2 atom stereocenters. The molecule has 2 nitrogen and oxygen atoms in total. The molecule has 1 heterocycles. The second-order valence-corrected chi connectivity index (χ2v) is 3.44. The average Bonchev–Trinajstić information content (AvgIpc) is 2.41. The van der Waals surface area contributed by atoms with Crippen molar-refractivity contribution >= 4 is 0 Å². The lowest BCUT2D eigenvalue weighted by atomic mass is 10.2. The van der Waals surface area contributed by atoms with Gasteiger partial charge in [0.25, 0.3) is 0 Å². The van der Waals surface area contributed by atoms with E-state index in [1.54, 1.807) is 0 Å². The van der Waals surface area contributed by atoms with Gasteiger partial charge >= 0.3 is 0 Å². The first-order valence-corrected chi connectivity index (χ1v) is 5.03. The van der Waals surface area contributed by atoms with E-state index in [4.69, 9.17) is 9.47 Å². The molecule has 0 aromatic carbocycles. The predicted molar refractivity (Wildman–Crippen MR) is 52.2 cm³/mol. The number of ether oxygens (including phenoxy) is 2. The minimum atomic E-state index is -0.290. The summed E-state index contributed by atoms with van der Waals surface area (Å²) in [4.78, 5) is 0. The highest BCUT2D eigenvalue weighted by atomic mass is 16.7. The number of rotatable bonds is 2. The number of hydrogen-bond acceptors (Lipinski definition) is 2. The Labute approximate surface area is 80.6 Å². The van der Waals surface area contributed by atoms with Gasteiger partial charge in [-0.05, 0) is 26.2 Å². The van der Waals surface area contributed by atoms with Gasteiger partial charge in [0, 0.05) is 6.42 Å². The Morgan fingerprint density at radius 3 is 2.31 bits per heavy atom. The van der Waals surface area contributed by atoms with Crippen molar-refractivity contribution in [3.05, 3.63) is 0 Å². The third-order valence-corrected chi connectivity index (χ3v) is 2.21. The monoisotopic (exact) mass is 182 g/mol. The molecule has 74 valence electrons. The van der Waals surface area contributed by atoms with E-state index >= 15 is 0 Å². The van der Waals surface area contributed by atoms with E-state index in [-0.39, 0.29) is 18.5 Å². The zero-order chi connectivity index (χ0) is 9.68. The van der Waals surface area contributed by atoms with Crippen molar-refractivity contribution in [3.63, 3.8) is 0 Å². The molecule has 0 N–H and O–H groups in total. The Morgan fingerprint density at radius 2 is 1.77 bits per heavy atom. The first-order chi connectivity index (χ1) is 6.24. The lowest BCUT2D eigenvalue weighted by molar-refractivity contribution is -0.0168. The fourth-order valence-electron chi connectivity index (χ4n) is 1.13. The summed E-state index contributed by atoms with van der Waals surface area (Å²) < 4.78 is 10.9. The van der Waals surface area contributed by atoms with E-state index in [1.807, 2.05) is 13.8 Å². The van der Waals surface area contributed by atoms with Crippen LogP contribution in [0.5, 0.6) is 0 Å². The van der Waals surface area contributed by atoms with E-state index in [2.05, 4.69) is 18.8 Å². The van der Waals surface area contributed by atoms with Crippen molar-refractivity contribution in [2.75, 3.05) is 0 Å². The van der Waals surface area contributed by atoms with Gasteiger partial charge in [0.15, 0.2) is 0 Å². The first kappa shape index (κ1) is 10.6. The van der Waals surface area contributed by atoms with Crippen LogP contribution in [0.4, 0.5) is 0 Å². The lowest BCUT2D eigenvalue weighted by Crippen LogP contribution is -2.13. The second-order valence-electron chi connectivity index (χ2n) is 3.44. The van der Waals surface area contributed by atoms with Gasteiger partial charge in [-0.15, -0.1) is 0 Å². The minimum Gasteiger partial charge on any atom is -0.336 e. The minimum absolute atomic E-state index is 0.172. The summed E-state index contributed by atoms with van der Waals surface area (Å²) in [5, 5.41) is 0. The van der Waals surface area contributed by atoms with Crippen LogP contribution in [0.2, 0.25) is 0 Å². The summed E-state index contributed by atoms with van der Waals surface area (Å²) in [6, 6.07) is 0. The van der Waals surface area contributed by atoms with Gasteiger partial charge in [-0.1, -0.05) is 19.3 Å². The van der Waals surface area contributed by atoms with E-state index in [9.17, 15) is 0 Å². The third-order valence-electron chi connectivity index (χ3n) is 2.21. The lowest BCUT2D eigenvalue weighted by Gasteiger charge is -2.01. The quantitative estimate of drug-likeness (QED) is 0.482. The highest BCUT2D eigenvalue weighted by Crippen LogP contribution is 2.17. The molecule has 2 heteroatoms. The van der Waals surface area contributed by atoms with Crippen molar-refractivity contribution in [3.8, 4) is 11.8 Å². The van der Waals surface area contributed by atoms with Crippen LogP contribution < -0.4 is 0 Å². The maximum atomic E-state index is 5.46. The SMILES string of the molecule is CCCCC#CC1O[C@@H](C)[C@H](C)O1. The largest absolute Gasteiger partial charge is 0.336 e. The van der Waals surface area contributed by atoms with Crippen molar-refractivity contribution in [1.82, 2.24) is 0 Å². The predicted octanol–water partition coefficient (Wildman–Crippen LogP) is 2.33. The normalized spacial score (nSPS) is 28.5. The van der Waals surface area contributed by atoms with E-state index < -0.39 is 0 Å². The Kier molecular flexibility index (Phi) is 4.27. The summed E-state index contributed by atoms with van der Waals surface area (Å²) in [5.74, 6) is 6.05. The molecule has 0 aromatic rings. The molecule has 0 aliphatic carbocycles. The number of hydrogen-bond donors (Lipinski definition) is 0. The van der Waals surface area contributed by atoms with E-state index in [1.165, 1.54) is 6.42 Å². The van der Waals surface area contributed by atoms with Crippen LogP contribution in [0.1, 0.15) is 40.0 Å². The molecule has 1 fully saturated rings. The molecule has 0 bridgehead atoms. The van der Waals surface area contributed by atoms with Gasteiger partial charge in [0.1, 0.15) is 0 Å². The van der Waals surface area contributed by atoms with Gasteiger partial charge in [0.2, 0.25) is 6.29 Å². The highest BCUT2D eigenvalue weighted by molar-refractivity contribution is 5.03. The van der Waals surface area contributed by atoms with Crippen LogP contribution in [0.15, 0.2) is 0 Å². The molecule has 0 spiro atoms. The van der Waals surface area contributed by atoms with Gasteiger partial charge < -0.3 is 9.47 Å². The Bertz CT molecular complexity index is 192. The molecular formula is C11H18O2. The van der Waals surface area contributed by atoms with Crippen molar-refractivity contribution in [2.45, 2.75) is 58.5 Å². The van der Waals surface area contributed by atoms with Crippen molar-refractivity contribution < 1.29 is 9.47 Å². The molecule has 0 amide bonds. The third kappa shape index (κ3) is 3.38. The average molecular weight is 182 g/mol. The molecule has 1 aliphatic rings. The smallest absolute Gasteiger partial charge is 0.223 e. The molecular weight excluding hydrogens is 164 g/mol. The molecule has 13 heavy (non-hydrogen) atoms. The van der Waals surface area contributed by atoms with E-state index in [0.717, 1.165) is 12.8 Å². The summed E-state index contributed by atoms with van der Waals surface area (Å²) >= 11 is 0. The molecule has 0 aromatic heterocycles. The molecule has 1 saturated heterocycles. The molecule has 0 saturated carbocycles. The number of unbranched alkanes of at least 4 members (excludes halogenated alkanes) is 2. The Balaban J connectivity index is 2.25. The molecule has 1 rings (SSSR count). The fourth-order valence-corrected chi connectivity index (χ4v) is 1.13. The highest BCUT2D eigenvalue weighted by Gasteiger charge is 2.27. The van der Waals surface area contributed by atoms with Crippen LogP contribution in [0, 0.1) is 11.8 Å². The summed E-state index contributed by atoms with van der Waals surface area (Å²) in [6.07, 6.45) is 3.35. The topological polar surface area (TPSA) is 18.5 Å². The summed E-state index contributed by atoms with van der Waals surface area (Å²) in [5.41, 5.74) is 0. The van der Waals surface area contributed by atoms with Crippen LogP contribution in [-0.2, 0) is 9.47 Å². The fraction of sp³-hybridized carbons (Fsp3) is 0.818. The van der Waals surface area contributed by atoms with Crippen LogP contribution >= 0.6 is 0 Å². The molecule has 1 aliphatic heterocycles. The zero-order valence-corrected chi connectivity index (χ0v) is 8.67. The Morgan fingerprint density at radius 1 is 1.15 bits per heavy atom. The summed E-state index contributed by atoms with van der Waals surface area (Å²) in [6.45, 7) is 6.19. The van der Waals surface area contributed by atoms with E-state index in [0.29, 0.717) is 0 Å². The van der Waals surface area contributed by atoms with Crippen LogP contribution in [-0.4, -0.2) is 18.5 Å². The standard InChI is InChI=1S/C11H18O2/c1-4-5-6-7-8-11-12-9(2)10(3)13-11/h9-11H,4-6H2,1-3H3/t9-,10-/m0/s1.